The molecule has 4 nitrogen and oxygen atoms in total. The summed E-state index contributed by atoms with van der Waals surface area (Å²) in [7, 11) is 0. The number of rotatable bonds is 7. The maximum absolute atomic E-state index is 11.1. The van der Waals surface area contributed by atoms with Crippen LogP contribution in [0.15, 0.2) is 12.7 Å². The standard InChI is InChI=1S/C11H22N2O2/c1-4-7-12-10(15)13-8-5-6-11(2,3)9-14/h4,14H,1,5-9H2,2-3H3,(H2,12,13,15). The number of amides is 2. The fourth-order valence-corrected chi connectivity index (χ4v) is 1.08. The van der Waals surface area contributed by atoms with Crippen molar-refractivity contribution in [1.29, 1.82) is 0 Å². The zero-order valence-electron chi connectivity index (χ0n) is 9.68. The monoisotopic (exact) mass is 214 g/mol. The lowest BCUT2D eigenvalue weighted by Gasteiger charge is -2.21. The Morgan fingerprint density at radius 2 is 2.13 bits per heavy atom. The molecule has 3 N–H and O–H groups in total. The van der Waals surface area contributed by atoms with E-state index in [4.69, 9.17) is 5.11 Å². The Bertz CT molecular complexity index is 203. The Kier molecular flexibility index (Phi) is 6.79. The van der Waals surface area contributed by atoms with Crippen molar-refractivity contribution in [2.75, 3.05) is 19.7 Å². The van der Waals surface area contributed by atoms with Crippen molar-refractivity contribution in [2.45, 2.75) is 26.7 Å². The van der Waals surface area contributed by atoms with Crippen molar-refractivity contribution in [1.82, 2.24) is 10.6 Å². The van der Waals surface area contributed by atoms with Crippen molar-refractivity contribution in [2.24, 2.45) is 5.41 Å². The molecule has 0 aromatic carbocycles. The normalized spacial score (nSPS) is 10.9. The molecule has 15 heavy (non-hydrogen) atoms. The van der Waals surface area contributed by atoms with Gasteiger partial charge in [-0.2, -0.15) is 0 Å². The fourth-order valence-electron chi connectivity index (χ4n) is 1.08. The first-order chi connectivity index (χ1) is 7.02. The summed E-state index contributed by atoms with van der Waals surface area (Å²) in [6.07, 6.45) is 3.40. The van der Waals surface area contributed by atoms with E-state index in [0.29, 0.717) is 13.1 Å². The maximum Gasteiger partial charge on any atom is 0.315 e. The topological polar surface area (TPSA) is 61.4 Å². The van der Waals surface area contributed by atoms with Crippen LogP contribution >= 0.6 is 0 Å². The highest BCUT2D eigenvalue weighted by Gasteiger charge is 2.15. The second-order valence-corrected chi connectivity index (χ2v) is 4.35. The third-order valence-corrected chi connectivity index (χ3v) is 2.15. The number of hydrogen-bond donors (Lipinski definition) is 3. The van der Waals surface area contributed by atoms with Gasteiger partial charge in [-0.1, -0.05) is 19.9 Å². The predicted molar refractivity (Wildman–Crippen MR) is 61.7 cm³/mol. The average molecular weight is 214 g/mol. The van der Waals surface area contributed by atoms with Gasteiger partial charge in [0.2, 0.25) is 0 Å². The van der Waals surface area contributed by atoms with Crippen LogP contribution in [0.3, 0.4) is 0 Å². The van der Waals surface area contributed by atoms with E-state index in [-0.39, 0.29) is 18.1 Å². The number of aliphatic hydroxyl groups excluding tert-OH is 1. The van der Waals surface area contributed by atoms with Crippen LogP contribution in [0.1, 0.15) is 26.7 Å². The van der Waals surface area contributed by atoms with E-state index in [0.717, 1.165) is 12.8 Å². The molecular formula is C11H22N2O2. The molecule has 4 heteroatoms. The summed E-state index contributed by atoms with van der Waals surface area (Å²) in [6.45, 7) is 8.80. The largest absolute Gasteiger partial charge is 0.396 e. The van der Waals surface area contributed by atoms with Gasteiger partial charge in [-0.05, 0) is 18.3 Å². The third-order valence-electron chi connectivity index (χ3n) is 2.15. The van der Waals surface area contributed by atoms with Crippen LogP contribution in [0.2, 0.25) is 0 Å². The van der Waals surface area contributed by atoms with Crippen molar-refractivity contribution < 1.29 is 9.90 Å². The molecule has 0 radical (unpaired) electrons. The zero-order chi connectivity index (χ0) is 11.7. The van der Waals surface area contributed by atoms with Crippen molar-refractivity contribution in [3.05, 3.63) is 12.7 Å². The number of urea groups is 1. The van der Waals surface area contributed by atoms with E-state index in [1.165, 1.54) is 0 Å². The van der Waals surface area contributed by atoms with Gasteiger partial charge in [0.25, 0.3) is 0 Å². The minimum absolute atomic E-state index is 0.0563. The Hall–Kier alpha value is -1.03. The molecule has 0 aliphatic heterocycles. The first-order valence-corrected chi connectivity index (χ1v) is 5.25. The zero-order valence-corrected chi connectivity index (χ0v) is 9.68. The third kappa shape index (κ3) is 8.00. The molecule has 0 atom stereocenters. The number of aliphatic hydroxyl groups is 1. The van der Waals surface area contributed by atoms with Crippen LogP contribution in [0.25, 0.3) is 0 Å². The number of carbonyl (C=O) groups is 1. The molecule has 0 heterocycles. The van der Waals surface area contributed by atoms with E-state index in [2.05, 4.69) is 17.2 Å². The molecule has 0 aliphatic carbocycles. The maximum atomic E-state index is 11.1. The highest BCUT2D eigenvalue weighted by molar-refractivity contribution is 5.73. The molecule has 0 spiro atoms. The Morgan fingerprint density at radius 3 is 2.67 bits per heavy atom. The van der Waals surface area contributed by atoms with Crippen molar-refractivity contribution in [3.63, 3.8) is 0 Å². The lowest BCUT2D eigenvalue weighted by atomic mass is 9.89. The lowest BCUT2D eigenvalue weighted by molar-refractivity contribution is 0.148. The van der Waals surface area contributed by atoms with E-state index in [9.17, 15) is 4.79 Å². The van der Waals surface area contributed by atoms with Gasteiger partial charge in [-0.3, -0.25) is 0 Å². The summed E-state index contributed by atoms with van der Waals surface area (Å²) in [5.41, 5.74) is -0.0563. The molecule has 0 aromatic rings. The molecule has 0 saturated heterocycles. The lowest BCUT2D eigenvalue weighted by Crippen LogP contribution is -2.36. The smallest absolute Gasteiger partial charge is 0.315 e. The minimum Gasteiger partial charge on any atom is -0.396 e. The minimum atomic E-state index is -0.170. The first kappa shape index (κ1) is 14.0. The average Bonchev–Trinajstić information content (AvgIpc) is 2.21. The van der Waals surface area contributed by atoms with Crippen molar-refractivity contribution >= 4 is 6.03 Å². The van der Waals surface area contributed by atoms with Crippen molar-refractivity contribution in [3.8, 4) is 0 Å². The van der Waals surface area contributed by atoms with Crippen LogP contribution in [-0.2, 0) is 0 Å². The summed E-state index contributed by atoms with van der Waals surface area (Å²) in [4.78, 5) is 11.1. The second-order valence-electron chi connectivity index (χ2n) is 4.35. The van der Waals surface area contributed by atoms with E-state index >= 15 is 0 Å². The molecule has 0 fully saturated rings. The number of carbonyl (C=O) groups excluding carboxylic acids is 1. The summed E-state index contributed by atoms with van der Waals surface area (Å²) >= 11 is 0. The highest BCUT2D eigenvalue weighted by Crippen LogP contribution is 2.20. The SMILES string of the molecule is C=CCNC(=O)NCCCC(C)(C)CO. The van der Waals surface area contributed by atoms with Gasteiger partial charge in [0, 0.05) is 19.7 Å². The van der Waals surface area contributed by atoms with Crippen LogP contribution in [0.5, 0.6) is 0 Å². The molecule has 0 rings (SSSR count). The van der Waals surface area contributed by atoms with Crippen LogP contribution in [-0.4, -0.2) is 30.8 Å². The fraction of sp³-hybridized carbons (Fsp3) is 0.727. The van der Waals surface area contributed by atoms with Crippen LogP contribution in [0.4, 0.5) is 4.79 Å². The van der Waals surface area contributed by atoms with Gasteiger partial charge >= 0.3 is 6.03 Å². The van der Waals surface area contributed by atoms with Gasteiger partial charge in [-0.15, -0.1) is 6.58 Å². The number of nitrogens with one attached hydrogen (secondary N) is 2. The predicted octanol–water partition coefficient (Wildman–Crippen LogP) is 1.27. The van der Waals surface area contributed by atoms with Crippen LogP contribution < -0.4 is 10.6 Å². The summed E-state index contributed by atoms with van der Waals surface area (Å²) in [5, 5.41) is 14.4. The number of hydrogen-bond acceptors (Lipinski definition) is 2. The van der Waals surface area contributed by atoms with Gasteiger partial charge in [-0.25, -0.2) is 4.79 Å². The molecule has 0 saturated carbocycles. The molecule has 0 bridgehead atoms. The quantitative estimate of drug-likeness (QED) is 0.441. The summed E-state index contributed by atoms with van der Waals surface area (Å²) in [5.74, 6) is 0. The second kappa shape index (κ2) is 7.29. The van der Waals surface area contributed by atoms with Gasteiger partial charge < -0.3 is 15.7 Å². The molecule has 0 unspecified atom stereocenters. The van der Waals surface area contributed by atoms with Gasteiger partial charge in [0.05, 0.1) is 0 Å². The van der Waals surface area contributed by atoms with E-state index < -0.39 is 0 Å². The molecule has 88 valence electrons. The molecule has 2 amide bonds. The van der Waals surface area contributed by atoms with E-state index in [1.807, 2.05) is 13.8 Å². The molecule has 0 aromatic heterocycles. The highest BCUT2D eigenvalue weighted by atomic mass is 16.3. The van der Waals surface area contributed by atoms with Gasteiger partial charge in [0.15, 0.2) is 0 Å². The Labute approximate surface area is 91.8 Å². The first-order valence-electron chi connectivity index (χ1n) is 5.25. The summed E-state index contributed by atoms with van der Waals surface area (Å²) in [6, 6.07) is -0.170. The molecular weight excluding hydrogens is 192 g/mol. The Morgan fingerprint density at radius 1 is 1.47 bits per heavy atom. The molecule has 0 aliphatic rings. The van der Waals surface area contributed by atoms with Crippen LogP contribution in [0, 0.1) is 5.41 Å². The Balaban J connectivity index is 3.46. The summed E-state index contributed by atoms with van der Waals surface area (Å²) < 4.78 is 0. The van der Waals surface area contributed by atoms with Gasteiger partial charge in [0.1, 0.15) is 0 Å². The van der Waals surface area contributed by atoms with E-state index in [1.54, 1.807) is 6.08 Å².